The molecule has 5 nitrogen and oxygen atoms in total. The molecule has 1 aliphatic rings. The molecule has 1 N–H and O–H groups in total. The highest BCUT2D eigenvalue weighted by atomic mass is 79.9. The summed E-state index contributed by atoms with van der Waals surface area (Å²) >= 11 is 4.36. The van der Waals surface area contributed by atoms with Gasteiger partial charge in [0, 0.05) is 9.86 Å². The fourth-order valence-electron chi connectivity index (χ4n) is 2.76. The van der Waals surface area contributed by atoms with Crippen molar-refractivity contribution in [3.8, 4) is 0 Å². The van der Waals surface area contributed by atoms with Crippen LogP contribution in [0.25, 0.3) is 16.8 Å². The SMILES string of the molecule is O=C1N=C(NS(=O)(=O)c2cccc3ccccc23)SC1=Cc1ccc(Br)cc1. The lowest BCUT2D eigenvalue weighted by molar-refractivity contribution is -0.113. The van der Waals surface area contributed by atoms with Gasteiger partial charge in [0.15, 0.2) is 5.17 Å². The standard InChI is InChI=1S/C20H13BrN2O3S2/c21-15-10-8-13(9-11-15)12-17-19(24)22-20(27-17)23-28(25,26)18-7-3-5-14-4-1-2-6-16(14)18/h1-12H,(H,22,23,24). The highest BCUT2D eigenvalue weighted by Gasteiger charge is 2.27. The van der Waals surface area contributed by atoms with Crippen molar-refractivity contribution < 1.29 is 13.2 Å². The average molecular weight is 473 g/mol. The van der Waals surface area contributed by atoms with Crippen molar-refractivity contribution >= 4 is 65.6 Å². The minimum Gasteiger partial charge on any atom is -0.266 e. The number of aliphatic imine (C=N–C) groups is 1. The topological polar surface area (TPSA) is 75.6 Å². The number of benzene rings is 3. The van der Waals surface area contributed by atoms with Gasteiger partial charge in [0.25, 0.3) is 15.9 Å². The zero-order valence-electron chi connectivity index (χ0n) is 14.3. The number of thioether (sulfide) groups is 1. The van der Waals surface area contributed by atoms with Gasteiger partial charge >= 0.3 is 0 Å². The van der Waals surface area contributed by atoms with Gasteiger partial charge in [-0.2, -0.15) is 4.99 Å². The number of carbonyl (C=O) groups is 1. The minimum atomic E-state index is -3.88. The van der Waals surface area contributed by atoms with E-state index in [9.17, 15) is 13.2 Å². The molecule has 0 bridgehead atoms. The molecule has 0 saturated heterocycles. The van der Waals surface area contributed by atoms with Gasteiger partial charge in [0.1, 0.15) is 0 Å². The summed E-state index contributed by atoms with van der Waals surface area (Å²) in [5.41, 5.74) is 0.826. The van der Waals surface area contributed by atoms with Crippen LogP contribution in [0.1, 0.15) is 5.56 Å². The number of nitrogens with zero attached hydrogens (tertiary/aromatic N) is 1. The number of amidine groups is 1. The molecule has 0 fully saturated rings. The fraction of sp³-hybridized carbons (Fsp3) is 0. The van der Waals surface area contributed by atoms with Gasteiger partial charge in [-0.05, 0) is 47.0 Å². The second-order valence-corrected chi connectivity index (χ2v) is 9.56. The lowest BCUT2D eigenvalue weighted by atomic mass is 10.1. The van der Waals surface area contributed by atoms with Crippen molar-refractivity contribution in [3.63, 3.8) is 0 Å². The lowest BCUT2D eigenvalue weighted by Gasteiger charge is -2.09. The number of hydrogen-bond acceptors (Lipinski definition) is 4. The van der Waals surface area contributed by atoms with Crippen LogP contribution in [-0.2, 0) is 14.8 Å². The first-order valence-corrected chi connectivity index (χ1v) is 11.3. The summed E-state index contributed by atoms with van der Waals surface area (Å²) in [7, 11) is -3.88. The lowest BCUT2D eigenvalue weighted by Crippen LogP contribution is -2.27. The molecule has 0 saturated carbocycles. The molecule has 3 aromatic rings. The molecule has 0 radical (unpaired) electrons. The van der Waals surface area contributed by atoms with Crippen LogP contribution in [0.2, 0.25) is 0 Å². The predicted octanol–water partition coefficient (Wildman–Crippen LogP) is 4.55. The molecule has 4 rings (SSSR count). The van der Waals surface area contributed by atoms with Crippen molar-refractivity contribution in [2.75, 3.05) is 0 Å². The van der Waals surface area contributed by atoms with E-state index in [4.69, 9.17) is 0 Å². The Labute approximate surface area is 174 Å². The molecule has 0 aliphatic carbocycles. The summed E-state index contributed by atoms with van der Waals surface area (Å²) in [6.07, 6.45) is 1.68. The first-order valence-electron chi connectivity index (χ1n) is 8.21. The van der Waals surface area contributed by atoms with E-state index in [-0.39, 0.29) is 10.1 Å². The van der Waals surface area contributed by atoms with Crippen molar-refractivity contribution in [2.45, 2.75) is 4.90 Å². The van der Waals surface area contributed by atoms with Gasteiger partial charge in [-0.15, -0.1) is 0 Å². The minimum absolute atomic E-state index is 0.0429. The Morgan fingerprint density at radius 2 is 1.68 bits per heavy atom. The maximum absolute atomic E-state index is 12.9. The number of sulfonamides is 1. The van der Waals surface area contributed by atoms with Gasteiger partial charge in [-0.3, -0.25) is 9.52 Å². The molecule has 0 atom stereocenters. The largest absolute Gasteiger partial charge is 0.286 e. The Morgan fingerprint density at radius 1 is 0.964 bits per heavy atom. The molecular formula is C20H13BrN2O3S2. The van der Waals surface area contributed by atoms with Gasteiger partial charge in [-0.25, -0.2) is 8.42 Å². The zero-order valence-corrected chi connectivity index (χ0v) is 17.5. The van der Waals surface area contributed by atoms with E-state index in [1.807, 2.05) is 42.5 Å². The number of carbonyl (C=O) groups excluding carboxylic acids is 1. The number of rotatable bonds is 3. The van der Waals surface area contributed by atoms with Crippen molar-refractivity contribution in [1.29, 1.82) is 0 Å². The molecule has 3 aromatic carbocycles. The molecule has 8 heteroatoms. The van der Waals surface area contributed by atoms with Crippen LogP contribution in [0.3, 0.4) is 0 Å². The van der Waals surface area contributed by atoms with Gasteiger partial charge < -0.3 is 0 Å². The first kappa shape index (κ1) is 18.9. The smallest absolute Gasteiger partial charge is 0.266 e. The number of halogens is 1. The Hall–Kier alpha value is -2.42. The number of nitrogens with one attached hydrogen (secondary N) is 1. The number of fused-ring (bicyclic) bond motifs is 1. The van der Waals surface area contributed by atoms with Crippen LogP contribution in [0.4, 0.5) is 0 Å². The third-order valence-electron chi connectivity index (χ3n) is 4.05. The van der Waals surface area contributed by atoms with Crippen LogP contribution in [0, 0.1) is 0 Å². The number of amides is 1. The molecule has 1 amide bonds. The van der Waals surface area contributed by atoms with Crippen molar-refractivity contribution in [3.05, 3.63) is 81.7 Å². The van der Waals surface area contributed by atoms with Crippen LogP contribution in [0.5, 0.6) is 0 Å². The van der Waals surface area contributed by atoms with Gasteiger partial charge in [0.2, 0.25) is 0 Å². The molecule has 0 aromatic heterocycles. The average Bonchev–Trinajstić information content (AvgIpc) is 3.01. The summed E-state index contributed by atoms with van der Waals surface area (Å²) in [6, 6.07) is 19.7. The highest BCUT2D eigenvalue weighted by molar-refractivity contribution is 9.10. The maximum atomic E-state index is 12.9. The van der Waals surface area contributed by atoms with E-state index in [1.165, 1.54) is 6.07 Å². The van der Waals surface area contributed by atoms with E-state index in [0.29, 0.717) is 10.3 Å². The van der Waals surface area contributed by atoms with E-state index >= 15 is 0 Å². The first-order chi connectivity index (χ1) is 13.4. The van der Waals surface area contributed by atoms with E-state index in [1.54, 1.807) is 24.3 Å². The second-order valence-electron chi connectivity index (χ2n) is 5.97. The summed E-state index contributed by atoms with van der Waals surface area (Å²) in [5.74, 6) is -0.469. The molecule has 0 spiro atoms. The Bertz CT molecular complexity index is 1240. The third-order valence-corrected chi connectivity index (χ3v) is 7.00. The van der Waals surface area contributed by atoms with E-state index < -0.39 is 15.9 Å². The summed E-state index contributed by atoms with van der Waals surface area (Å²) in [5, 5.41) is 1.47. The quantitative estimate of drug-likeness (QED) is 0.567. The molecule has 28 heavy (non-hydrogen) atoms. The van der Waals surface area contributed by atoms with E-state index in [2.05, 4.69) is 25.6 Å². The molecule has 1 heterocycles. The van der Waals surface area contributed by atoms with Crippen molar-refractivity contribution in [2.24, 2.45) is 4.99 Å². The summed E-state index contributed by atoms with van der Waals surface area (Å²) in [6.45, 7) is 0. The van der Waals surface area contributed by atoms with Crippen LogP contribution in [-0.4, -0.2) is 19.5 Å². The monoisotopic (exact) mass is 472 g/mol. The Balaban J connectivity index is 1.60. The maximum Gasteiger partial charge on any atom is 0.286 e. The fourth-order valence-corrected chi connectivity index (χ4v) is 5.31. The van der Waals surface area contributed by atoms with Gasteiger partial charge in [0.05, 0.1) is 9.80 Å². The molecule has 140 valence electrons. The zero-order chi connectivity index (χ0) is 19.7. The highest BCUT2D eigenvalue weighted by Crippen LogP contribution is 2.29. The molecule has 0 unspecified atom stereocenters. The molecule has 1 aliphatic heterocycles. The Kier molecular flexibility index (Phi) is 5.09. The molecular weight excluding hydrogens is 460 g/mol. The van der Waals surface area contributed by atoms with Crippen LogP contribution < -0.4 is 4.72 Å². The second kappa shape index (κ2) is 7.54. The van der Waals surface area contributed by atoms with Crippen LogP contribution >= 0.6 is 27.7 Å². The predicted molar refractivity (Wildman–Crippen MR) is 116 cm³/mol. The summed E-state index contributed by atoms with van der Waals surface area (Å²) in [4.78, 5) is 16.5. The van der Waals surface area contributed by atoms with Crippen LogP contribution in [0.15, 0.2) is 86.0 Å². The van der Waals surface area contributed by atoms with Crippen molar-refractivity contribution in [1.82, 2.24) is 4.72 Å². The summed E-state index contributed by atoms with van der Waals surface area (Å²) < 4.78 is 29.1. The Morgan fingerprint density at radius 3 is 2.46 bits per heavy atom. The third kappa shape index (κ3) is 3.89. The normalized spacial score (nSPS) is 15.8. The number of hydrogen-bond donors (Lipinski definition) is 1. The van der Waals surface area contributed by atoms with Gasteiger partial charge in [-0.1, -0.05) is 64.5 Å². The van der Waals surface area contributed by atoms with E-state index in [0.717, 1.165) is 27.2 Å².